The Balaban J connectivity index is 3.82. The van der Waals surface area contributed by atoms with Gasteiger partial charge in [0.15, 0.2) is 6.29 Å². The van der Waals surface area contributed by atoms with E-state index in [9.17, 15) is 9.59 Å². The summed E-state index contributed by atoms with van der Waals surface area (Å²) in [5, 5.41) is 0. The molecule has 0 aromatic carbocycles. The number of ketones is 1. The summed E-state index contributed by atoms with van der Waals surface area (Å²) < 4.78 is 0. The van der Waals surface area contributed by atoms with Crippen molar-refractivity contribution in [3.63, 3.8) is 0 Å². The van der Waals surface area contributed by atoms with Crippen LogP contribution in [0, 0.1) is 0 Å². The summed E-state index contributed by atoms with van der Waals surface area (Å²) in [5.41, 5.74) is 0.375. The van der Waals surface area contributed by atoms with Crippen LogP contribution in [0.15, 0.2) is 12.2 Å². The number of hydrogen-bond acceptors (Lipinski definition) is 2. The van der Waals surface area contributed by atoms with Gasteiger partial charge in [0.25, 0.3) is 0 Å². The number of carbonyl (C=O) groups excluding carboxylic acids is 2. The van der Waals surface area contributed by atoms with Crippen LogP contribution in [0.3, 0.4) is 0 Å². The maximum atomic E-state index is 10.3. The molecule has 0 aliphatic rings. The van der Waals surface area contributed by atoms with Gasteiger partial charge in [-0.3, -0.25) is 9.59 Å². The van der Waals surface area contributed by atoms with E-state index >= 15 is 0 Å². The van der Waals surface area contributed by atoms with Crippen LogP contribution in [0.1, 0.15) is 13.3 Å². The number of aldehydes is 1. The highest BCUT2D eigenvalue weighted by Gasteiger charge is 1.99. The zero-order chi connectivity index (χ0) is 6.57. The Labute approximate surface area is 48.2 Å². The fourth-order valence-corrected chi connectivity index (χ4v) is 0.258. The molecule has 0 fully saturated rings. The summed E-state index contributed by atoms with van der Waals surface area (Å²) in [4.78, 5) is 20.0. The van der Waals surface area contributed by atoms with Gasteiger partial charge in [0, 0.05) is 0 Å². The SMILES string of the molecule is C=C(CC)C(=O)C=O. The second-order valence-electron chi connectivity index (χ2n) is 1.44. The Bertz CT molecular complexity index is 124. The van der Waals surface area contributed by atoms with Crippen LogP contribution in [0.4, 0.5) is 0 Å². The molecule has 0 saturated heterocycles. The van der Waals surface area contributed by atoms with E-state index in [4.69, 9.17) is 0 Å². The molecule has 0 amide bonds. The molecule has 0 aliphatic heterocycles. The van der Waals surface area contributed by atoms with Gasteiger partial charge in [-0.15, -0.1) is 0 Å². The highest BCUT2D eigenvalue weighted by Crippen LogP contribution is 1.94. The van der Waals surface area contributed by atoms with Crippen molar-refractivity contribution < 1.29 is 9.59 Å². The fourth-order valence-electron chi connectivity index (χ4n) is 0.258. The Hall–Kier alpha value is -0.920. The van der Waals surface area contributed by atoms with Gasteiger partial charge in [-0.05, 0) is 12.0 Å². The maximum Gasteiger partial charge on any atom is 0.220 e. The van der Waals surface area contributed by atoms with E-state index in [1.807, 2.05) is 0 Å². The van der Waals surface area contributed by atoms with Crippen LogP contribution in [0.25, 0.3) is 0 Å². The van der Waals surface area contributed by atoms with Crippen LogP contribution in [-0.2, 0) is 9.59 Å². The van der Waals surface area contributed by atoms with Crippen LogP contribution < -0.4 is 0 Å². The molecule has 0 aromatic heterocycles. The number of rotatable bonds is 3. The van der Waals surface area contributed by atoms with Crippen molar-refractivity contribution in [2.24, 2.45) is 0 Å². The van der Waals surface area contributed by atoms with E-state index in [-0.39, 0.29) is 6.29 Å². The maximum absolute atomic E-state index is 10.3. The van der Waals surface area contributed by atoms with E-state index in [1.165, 1.54) is 0 Å². The van der Waals surface area contributed by atoms with Crippen LogP contribution in [0.5, 0.6) is 0 Å². The third-order valence-electron chi connectivity index (χ3n) is 0.882. The second kappa shape index (κ2) is 3.13. The molecule has 2 nitrogen and oxygen atoms in total. The normalized spacial score (nSPS) is 8.12. The van der Waals surface area contributed by atoms with Crippen LogP contribution in [-0.4, -0.2) is 12.1 Å². The average molecular weight is 112 g/mol. The first-order valence-electron chi connectivity index (χ1n) is 2.39. The molecule has 0 bridgehead atoms. The molecular weight excluding hydrogens is 104 g/mol. The summed E-state index contributed by atoms with van der Waals surface area (Å²) in [7, 11) is 0. The fraction of sp³-hybridized carbons (Fsp3) is 0.333. The predicted octanol–water partition coefficient (Wildman–Crippen LogP) is 0.721. The largest absolute Gasteiger partial charge is 0.294 e. The number of carbonyl (C=O) groups is 2. The molecule has 2 heteroatoms. The highest BCUT2D eigenvalue weighted by molar-refractivity contribution is 6.32. The van der Waals surface area contributed by atoms with Gasteiger partial charge in [-0.1, -0.05) is 13.5 Å². The molecule has 0 saturated carbocycles. The monoisotopic (exact) mass is 112 g/mol. The molecule has 0 rings (SSSR count). The van der Waals surface area contributed by atoms with Crippen molar-refractivity contribution in [1.82, 2.24) is 0 Å². The minimum absolute atomic E-state index is 0.284. The molecule has 0 atom stereocenters. The van der Waals surface area contributed by atoms with Gasteiger partial charge in [-0.25, -0.2) is 0 Å². The van der Waals surface area contributed by atoms with E-state index in [1.54, 1.807) is 6.92 Å². The van der Waals surface area contributed by atoms with Gasteiger partial charge >= 0.3 is 0 Å². The van der Waals surface area contributed by atoms with Gasteiger partial charge in [-0.2, -0.15) is 0 Å². The van der Waals surface area contributed by atoms with Crippen LogP contribution >= 0.6 is 0 Å². The standard InChI is InChI=1S/C6H8O2/c1-3-5(2)6(8)4-7/h4H,2-3H2,1H3. The number of hydrogen-bond donors (Lipinski definition) is 0. The lowest BCUT2D eigenvalue weighted by Gasteiger charge is -1.88. The van der Waals surface area contributed by atoms with E-state index in [0.717, 1.165) is 0 Å². The zero-order valence-electron chi connectivity index (χ0n) is 4.81. The number of allylic oxidation sites excluding steroid dienone is 1. The van der Waals surface area contributed by atoms with Gasteiger partial charge in [0.05, 0.1) is 0 Å². The van der Waals surface area contributed by atoms with Crippen molar-refractivity contribution in [2.45, 2.75) is 13.3 Å². The summed E-state index contributed by atoms with van der Waals surface area (Å²) in [6.07, 6.45) is 0.837. The van der Waals surface area contributed by atoms with Crippen molar-refractivity contribution in [1.29, 1.82) is 0 Å². The molecule has 0 unspecified atom stereocenters. The minimum Gasteiger partial charge on any atom is -0.294 e. The molecule has 0 spiro atoms. The third-order valence-corrected chi connectivity index (χ3v) is 0.882. The Morgan fingerprint density at radius 2 is 2.25 bits per heavy atom. The lowest BCUT2D eigenvalue weighted by atomic mass is 10.2. The molecule has 0 heterocycles. The summed E-state index contributed by atoms with van der Waals surface area (Å²) in [5.74, 6) is -0.493. The van der Waals surface area contributed by atoms with E-state index in [2.05, 4.69) is 6.58 Å². The smallest absolute Gasteiger partial charge is 0.220 e. The molecule has 44 valence electrons. The zero-order valence-corrected chi connectivity index (χ0v) is 4.81. The Kier molecular flexibility index (Phi) is 2.77. The minimum atomic E-state index is -0.493. The first kappa shape index (κ1) is 7.08. The molecule has 0 aliphatic carbocycles. The Morgan fingerprint density at radius 1 is 1.75 bits per heavy atom. The molecule has 0 N–H and O–H groups in total. The van der Waals surface area contributed by atoms with Crippen LogP contribution in [0.2, 0.25) is 0 Å². The van der Waals surface area contributed by atoms with Crippen molar-refractivity contribution in [2.75, 3.05) is 0 Å². The molecule has 8 heavy (non-hydrogen) atoms. The van der Waals surface area contributed by atoms with Crippen molar-refractivity contribution >= 4 is 12.1 Å². The third kappa shape index (κ3) is 1.69. The lowest BCUT2D eigenvalue weighted by Crippen LogP contribution is -2.00. The Morgan fingerprint density at radius 3 is 2.38 bits per heavy atom. The molecule has 0 radical (unpaired) electrons. The lowest BCUT2D eigenvalue weighted by molar-refractivity contribution is -0.127. The van der Waals surface area contributed by atoms with Crippen molar-refractivity contribution in [3.8, 4) is 0 Å². The topological polar surface area (TPSA) is 34.1 Å². The summed E-state index contributed by atoms with van der Waals surface area (Å²) >= 11 is 0. The highest BCUT2D eigenvalue weighted by atomic mass is 16.2. The van der Waals surface area contributed by atoms with Gasteiger partial charge < -0.3 is 0 Å². The van der Waals surface area contributed by atoms with Crippen molar-refractivity contribution in [3.05, 3.63) is 12.2 Å². The first-order chi connectivity index (χ1) is 3.72. The quantitative estimate of drug-likeness (QED) is 0.306. The molecule has 0 aromatic rings. The first-order valence-corrected chi connectivity index (χ1v) is 2.39. The van der Waals surface area contributed by atoms with E-state index < -0.39 is 5.78 Å². The second-order valence-corrected chi connectivity index (χ2v) is 1.44. The molecular formula is C6H8O2. The van der Waals surface area contributed by atoms with E-state index in [0.29, 0.717) is 12.0 Å². The summed E-state index contributed by atoms with van der Waals surface area (Å²) in [6, 6.07) is 0. The number of Topliss-reactive ketones (excluding diaryl/α,β-unsaturated/α-hetero) is 1. The average Bonchev–Trinajstić information content (AvgIpc) is 1.84. The predicted molar refractivity (Wildman–Crippen MR) is 30.5 cm³/mol. The summed E-state index contributed by atoms with van der Waals surface area (Å²) in [6.45, 7) is 5.14. The van der Waals surface area contributed by atoms with Gasteiger partial charge in [0.1, 0.15) is 0 Å². The van der Waals surface area contributed by atoms with Gasteiger partial charge in [0.2, 0.25) is 5.78 Å².